The van der Waals surface area contributed by atoms with E-state index >= 15 is 0 Å². The first-order valence-corrected chi connectivity index (χ1v) is 12.9. The van der Waals surface area contributed by atoms with Crippen LogP contribution in [0.1, 0.15) is 43.2 Å². The van der Waals surface area contributed by atoms with Gasteiger partial charge in [0.15, 0.2) is 0 Å². The zero-order valence-corrected chi connectivity index (χ0v) is 21.8. The first-order valence-electron chi connectivity index (χ1n) is 11.0. The second-order valence-electron chi connectivity index (χ2n) is 8.82. The van der Waals surface area contributed by atoms with Crippen molar-refractivity contribution in [2.75, 3.05) is 7.05 Å². The van der Waals surface area contributed by atoms with Crippen LogP contribution in [-0.4, -0.2) is 42.1 Å². The van der Waals surface area contributed by atoms with E-state index in [-0.39, 0.29) is 33.3 Å². The van der Waals surface area contributed by atoms with Crippen LogP contribution < -0.4 is 5.73 Å². The van der Waals surface area contributed by atoms with Crippen LogP contribution in [0.4, 0.5) is 0 Å². The summed E-state index contributed by atoms with van der Waals surface area (Å²) in [6.07, 6.45) is 1.67. The molecule has 2 aromatic heterocycles. The number of benzene rings is 2. The highest BCUT2D eigenvalue weighted by Gasteiger charge is 2.33. The van der Waals surface area contributed by atoms with Crippen LogP contribution >= 0.6 is 11.6 Å². The predicted molar refractivity (Wildman–Crippen MR) is 138 cm³/mol. The van der Waals surface area contributed by atoms with Crippen molar-refractivity contribution >= 4 is 44.2 Å². The van der Waals surface area contributed by atoms with Gasteiger partial charge in [0.25, 0.3) is 11.8 Å². The lowest BCUT2D eigenvalue weighted by molar-refractivity contribution is 0.0779. The number of nitrogens with one attached hydrogen (secondary N) is 1. The average molecular weight is 525 g/mol. The number of nitrogens with zero attached hydrogens (tertiary/aromatic N) is 2. The number of halogens is 1. The molecular formula is C26H25ClN4O4S. The summed E-state index contributed by atoms with van der Waals surface area (Å²) in [5.41, 5.74) is 8.19. The van der Waals surface area contributed by atoms with Gasteiger partial charge in [0.2, 0.25) is 9.84 Å². The van der Waals surface area contributed by atoms with E-state index in [1.807, 2.05) is 18.2 Å². The molecular weight excluding hydrogens is 500 g/mol. The molecule has 2 aromatic carbocycles. The topological polar surface area (TPSA) is 126 Å². The van der Waals surface area contributed by atoms with Gasteiger partial charge in [0, 0.05) is 30.2 Å². The van der Waals surface area contributed by atoms with Crippen molar-refractivity contribution in [2.45, 2.75) is 37.1 Å². The number of aromatic amines is 1. The van der Waals surface area contributed by atoms with Crippen molar-refractivity contribution < 1.29 is 18.0 Å². The van der Waals surface area contributed by atoms with Crippen LogP contribution in [0.3, 0.4) is 0 Å². The van der Waals surface area contributed by atoms with Crippen LogP contribution in [0, 0.1) is 20.8 Å². The number of pyridine rings is 1. The minimum atomic E-state index is -4.15. The fraction of sp³-hybridized carbons (Fsp3) is 0.192. The summed E-state index contributed by atoms with van der Waals surface area (Å²) in [4.78, 5) is 33.7. The molecule has 2 amide bonds. The van der Waals surface area contributed by atoms with E-state index in [1.54, 1.807) is 39.2 Å². The molecule has 4 rings (SSSR count). The standard InChI is InChI=1S/C26H25ClN4O4S/c1-14-8-15(2)10-19(9-14)36(34,35)24-16(3)22(30-23(24)25(28)32)26(33)31(4)13-18-11-17-6-5-7-29-21(17)12-20(18)27/h5-12,30H,13H2,1-4H3,(H2,28,32). The van der Waals surface area contributed by atoms with Crippen molar-refractivity contribution in [1.82, 2.24) is 14.9 Å². The number of nitrogens with two attached hydrogens (primary N) is 1. The molecule has 2 heterocycles. The summed E-state index contributed by atoms with van der Waals surface area (Å²) < 4.78 is 27.1. The maximum absolute atomic E-state index is 13.6. The number of H-pyrrole nitrogens is 1. The molecule has 0 aliphatic rings. The van der Waals surface area contributed by atoms with Crippen LogP contribution in [0.2, 0.25) is 5.02 Å². The molecule has 3 N–H and O–H groups in total. The highest BCUT2D eigenvalue weighted by molar-refractivity contribution is 7.91. The van der Waals surface area contributed by atoms with Gasteiger partial charge in [-0.25, -0.2) is 8.42 Å². The van der Waals surface area contributed by atoms with Crippen LogP contribution in [0.25, 0.3) is 10.9 Å². The first kappa shape index (κ1) is 25.4. The van der Waals surface area contributed by atoms with Crippen LogP contribution in [0.15, 0.2) is 58.5 Å². The van der Waals surface area contributed by atoms with E-state index in [4.69, 9.17) is 17.3 Å². The van der Waals surface area contributed by atoms with Gasteiger partial charge in [0.1, 0.15) is 16.3 Å². The van der Waals surface area contributed by atoms with Crippen molar-refractivity contribution in [3.63, 3.8) is 0 Å². The van der Waals surface area contributed by atoms with Gasteiger partial charge in [0.05, 0.1) is 10.4 Å². The smallest absolute Gasteiger partial charge is 0.270 e. The molecule has 0 atom stereocenters. The number of amides is 2. The lowest BCUT2D eigenvalue weighted by atomic mass is 10.1. The number of fused-ring (bicyclic) bond motifs is 1. The van der Waals surface area contributed by atoms with E-state index in [2.05, 4.69) is 9.97 Å². The Labute approximate surface area is 214 Å². The van der Waals surface area contributed by atoms with Gasteiger partial charge in [-0.1, -0.05) is 23.7 Å². The van der Waals surface area contributed by atoms with Crippen LogP contribution in [0.5, 0.6) is 0 Å². The number of aryl methyl sites for hydroxylation is 2. The molecule has 4 aromatic rings. The third-order valence-electron chi connectivity index (χ3n) is 5.95. The fourth-order valence-electron chi connectivity index (χ4n) is 4.29. The molecule has 36 heavy (non-hydrogen) atoms. The Kier molecular flexibility index (Phi) is 6.64. The molecule has 0 fully saturated rings. The first-order chi connectivity index (χ1) is 16.9. The van der Waals surface area contributed by atoms with Gasteiger partial charge in [-0.3, -0.25) is 14.6 Å². The Bertz CT molecular complexity index is 1620. The number of carbonyl (C=O) groups is 2. The van der Waals surface area contributed by atoms with Crippen molar-refractivity contribution in [3.8, 4) is 0 Å². The van der Waals surface area contributed by atoms with E-state index in [0.29, 0.717) is 10.6 Å². The number of sulfone groups is 1. The Balaban J connectivity index is 1.74. The maximum atomic E-state index is 13.6. The Morgan fingerprint density at radius 2 is 1.72 bits per heavy atom. The summed E-state index contributed by atoms with van der Waals surface area (Å²) in [5.74, 6) is -1.49. The zero-order valence-electron chi connectivity index (χ0n) is 20.2. The molecule has 0 unspecified atom stereocenters. The predicted octanol–water partition coefficient (Wildman–Crippen LogP) is 4.35. The van der Waals surface area contributed by atoms with Gasteiger partial charge in [-0.15, -0.1) is 0 Å². The molecule has 0 spiro atoms. The SMILES string of the molecule is Cc1cc(C)cc(S(=O)(=O)c2c(C(N)=O)[nH]c(C(=O)N(C)Cc3cc4cccnc4cc3Cl)c2C)c1. The highest BCUT2D eigenvalue weighted by atomic mass is 35.5. The molecule has 0 aliphatic heterocycles. The minimum absolute atomic E-state index is 0.0218. The average Bonchev–Trinajstić information content (AvgIpc) is 3.16. The van der Waals surface area contributed by atoms with Gasteiger partial charge in [-0.2, -0.15) is 0 Å². The molecule has 0 aliphatic carbocycles. The lowest BCUT2D eigenvalue weighted by Gasteiger charge is -2.18. The third-order valence-corrected chi connectivity index (χ3v) is 8.21. The normalized spacial score (nSPS) is 11.6. The van der Waals surface area contributed by atoms with E-state index in [9.17, 15) is 18.0 Å². The third kappa shape index (κ3) is 4.59. The number of primary amides is 1. The number of hydrogen-bond donors (Lipinski definition) is 2. The second kappa shape index (κ2) is 9.40. The summed E-state index contributed by atoms with van der Waals surface area (Å²) >= 11 is 6.43. The largest absolute Gasteiger partial charge is 0.364 e. The molecule has 0 radical (unpaired) electrons. The highest BCUT2D eigenvalue weighted by Crippen LogP contribution is 2.31. The van der Waals surface area contributed by atoms with Gasteiger partial charge < -0.3 is 15.6 Å². The monoisotopic (exact) mass is 524 g/mol. The number of aromatic nitrogens is 2. The minimum Gasteiger partial charge on any atom is -0.364 e. The molecule has 0 saturated heterocycles. The molecule has 0 saturated carbocycles. The van der Waals surface area contributed by atoms with Crippen LogP contribution in [-0.2, 0) is 16.4 Å². The summed E-state index contributed by atoms with van der Waals surface area (Å²) in [6, 6.07) is 12.1. The van der Waals surface area contributed by atoms with Crippen molar-refractivity contribution in [2.24, 2.45) is 5.73 Å². The second-order valence-corrected chi connectivity index (χ2v) is 11.1. The Morgan fingerprint density at radius 1 is 1.06 bits per heavy atom. The fourth-order valence-corrected chi connectivity index (χ4v) is 6.35. The zero-order chi connectivity index (χ0) is 26.4. The number of rotatable bonds is 6. The van der Waals surface area contributed by atoms with Gasteiger partial charge >= 0.3 is 0 Å². The summed E-state index contributed by atoms with van der Waals surface area (Å²) in [7, 11) is -2.59. The maximum Gasteiger partial charge on any atom is 0.270 e. The summed E-state index contributed by atoms with van der Waals surface area (Å²) in [6.45, 7) is 5.19. The molecule has 186 valence electrons. The number of hydrogen-bond acceptors (Lipinski definition) is 5. The van der Waals surface area contributed by atoms with Gasteiger partial charge in [-0.05, 0) is 73.4 Å². The number of carbonyl (C=O) groups excluding carboxylic acids is 2. The lowest BCUT2D eigenvalue weighted by Crippen LogP contribution is -2.27. The van der Waals surface area contributed by atoms with E-state index < -0.39 is 21.7 Å². The molecule has 8 nitrogen and oxygen atoms in total. The molecule has 10 heteroatoms. The summed E-state index contributed by atoms with van der Waals surface area (Å²) in [5, 5.41) is 1.31. The molecule has 0 bridgehead atoms. The van der Waals surface area contributed by atoms with Crippen molar-refractivity contribution in [3.05, 3.63) is 87.3 Å². The van der Waals surface area contributed by atoms with Crippen molar-refractivity contribution in [1.29, 1.82) is 0 Å². The Morgan fingerprint density at radius 3 is 2.36 bits per heavy atom. The Hall–Kier alpha value is -3.69. The van der Waals surface area contributed by atoms with E-state index in [1.165, 1.54) is 24.0 Å². The quantitative estimate of drug-likeness (QED) is 0.388. The van der Waals surface area contributed by atoms with E-state index in [0.717, 1.165) is 22.0 Å².